The van der Waals surface area contributed by atoms with Crippen LogP contribution in [-0.2, 0) is 16.0 Å². The van der Waals surface area contributed by atoms with E-state index in [4.69, 9.17) is 9.63 Å². The molecule has 1 amide bonds. The number of carbonyl (C=O) groups is 2. The molecular weight excluding hydrogens is 348 g/mol. The Morgan fingerprint density at radius 2 is 2.28 bits per heavy atom. The monoisotopic (exact) mass is 364 g/mol. The lowest BCUT2D eigenvalue weighted by Gasteiger charge is -2.10. The van der Waals surface area contributed by atoms with Crippen molar-refractivity contribution in [1.29, 1.82) is 0 Å². The van der Waals surface area contributed by atoms with Gasteiger partial charge in [0.1, 0.15) is 11.6 Å². The van der Waals surface area contributed by atoms with Crippen LogP contribution >= 0.6 is 11.8 Å². The average molecular weight is 364 g/mol. The molecule has 0 fully saturated rings. The molecular formula is C15H16N4O5S. The number of aliphatic carboxylic acids is 1. The topological polar surface area (TPSA) is 138 Å². The molecule has 2 aliphatic heterocycles. The highest BCUT2D eigenvalue weighted by molar-refractivity contribution is 8.02. The molecule has 10 heteroatoms. The highest BCUT2D eigenvalue weighted by atomic mass is 32.2. The number of nitrogens with one attached hydrogen (secondary N) is 1. The highest BCUT2D eigenvalue weighted by Crippen LogP contribution is 2.26. The standard InChI is InChI=1S/C15H16N4O5S/c20-8-1-2-10(16-5-8)14-18-13(24-19-14)4-3-12(21)17-11-7-25-6-9(11)15(22)23/h1-2,7-9,20H,3-6H2,(H,17,21)(H,22,23). The van der Waals surface area contributed by atoms with E-state index >= 15 is 0 Å². The number of carboxylic acids is 1. The number of dihydropyridines is 1. The van der Waals surface area contributed by atoms with Gasteiger partial charge in [-0.05, 0) is 11.5 Å². The van der Waals surface area contributed by atoms with Gasteiger partial charge in [0.15, 0.2) is 0 Å². The Balaban J connectivity index is 1.52. The minimum atomic E-state index is -0.954. The number of aliphatic hydroxyl groups is 1. The molecule has 0 spiro atoms. The number of nitrogens with zero attached hydrogens (tertiary/aromatic N) is 3. The predicted molar refractivity (Wildman–Crippen MR) is 89.0 cm³/mol. The molecule has 2 atom stereocenters. The first kappa shape index (κ1) is 17.4. The number of aliphatic hydroxyl groups excluding tert-OH is 1. The van der Waals surface area contributed by atoms with Gasteiger partial charge >= 0.3 is 5.97 Å². The van der Waals surface area contributed by atoms with E-state index in [2.05, 4.69) is 20.4 Å². The number of allylic oxidation sites excluding steroid dienone is 1. The summed E-state index contributed by atoms with van der Waals surface area (Å²) in [6, 6.07) is 0. The lowest BCUT2D eigenvalue weighted by molar-refractivity contribution is -0.139. The third kappa shape index (κ3) is 4.34. The maximum atomic E-state index is 12.0. The molecule has 0 radical (unpaired) electrons. The molecule has 1 aromatic rings. The molecule has 9 nitrogen and oxygen atoms in total. The van der Waals surface area contributed by atoms with E-state index in [1.54, 1.807) is 17.6 Å². The number of carboxylic acid groups (broad SMARTS) is 1. The van der Waals surface area contributed by atoms with E-state index < -0.39 is 18.0 Å². The smallest absolute Gasteiger partial charge is 0.313 e. The van der Waals surface area contributed by atoms with Gasteiger partial charge in [-0.1, -0.05) is 11.2 Å². The van der Waals surface area contributed by atoms with E-state index in [1.807, 2.05) is 0 Å². The molecule has 0 saturated carbocycles. The molecule has 2 aliphatic rings. The second-order valence-corrected chi connectivity index (χ2v) is 6.41. The quantitative estimate of drug-likeness (QED) is 0.647. The molecule has 0 saturated heterocycles. The predicted octanol–water partition coefficient (Wildman–Crippen LogP) is 0.127. The van der Waals surface area contributed by atoms with Crippen LogP contribution in [0.25, 0.3) is 0 Å². The van der Waals surface area contributed by atoms with Crippen LogP contribution in [0.4, 0.5) is 0 Å². The van der Waals surface area contributed by atoms with Gasteiger partial charge in [0, 0.05) is 24.3 Å². The number of amides is 1. The lowest BCUT2D eigenvalue weighted by Crippen LogP contribution is -2.30. The van der Waals surface area contributed by atoms with E-state index in [0.717, 1.165) is 0 Å². The fraction of sp³-hybridized carbons (Fsp3) is 0.400. The van der Waals surface area contributed by atoms with Gasteiger partial charge in [-0.2, -0.15) is 4.98 Å². The normalized spacial score (nSPS) is 22.4. The van der Waals surface area contributed by atoms with Gasteiger partial charge in [-0.3, -0.25) is 14.6 Å². The Morgan fingerprint density at radius 3 is 3.00 bits per heavy atom. The molecule has 3 rings (SSSR count). The van der Waals surface area contributed by atoms with Gasteiger partial charge in [-0.15, -0.1) is 11.8 Å². The van der Waals surface area contributed by atoms with Gasteiger partial charge in [0.05, 0.1) is 12.6 Å². The van der Waals surface area contributed by atoms with Crippen LogP contribution in [-0.4, -0.2) is 56.3 Å². The summed E-state index contributed by atoms with van der Waals surface area (Å²) in [5, 5.41) is 26.5. The van der Waals surface area contributed by atoms with Crippen LogP contribution in [0, 0.1) is 5.92 Å². The minimum absolute atomic E-state index is 0.0943. The summed E-state index contributed by atoms with van der Waals surface area (Å²) < 4.78 is 5.09. The molecule has 25 heavy (non-hydrogen) atoms. The first-order valence-electron chi connectivity index (χ1n) is 7.61. The molecule has 0 aliphatic carbocycles. The maximum absolute atomic E-state index is 12.0. The van der Waals surface area contributed by atoms with Crippen molar-refractivity contribution in [3.63, 3.8) is 0 Å². The maximum Gasteiger partial charge on any atom is 0.313 e. The van der Waals surface area contributed by atoms with Crippen LogP contribution in [0.3, 0.4) is 0 Å². The Hall–Kier alpha value is -2.46. The molecule has 3 heterocycles. The average Bonchev–Trinajstić information content (AvgIpc) is 3.23. The first-order chi connectivity index (χ1) is 12.0. The zero-order chi connectivity index (χ0) is 17.8. The van der Waals surface area contributed by atoms with Crippen LogP contribution in [0.2, 0.25) is 0 Å². The van der Waals surface area contributed by atoms with Crippen LogP contribution < -0.4 is 5.32 Å². The number of aryl methyl sites for hydroxylation is 1. The third-order valence-electron chi connectivity index (χ3n) is 3.62. The minimum Gasteiger partial charge on any atom is -0.481 e. The number of hydrogen-bond donors (Lipinski definition) is 3. The number of aromatic nitrogens is 2. The van der Waals surface area contributed by atoms with Gasteiger partial charge in [0.25, 0.3) is 0 Å². The van der Waals surface area contributed by atoms with E-state index in [0.29, 0.717) is 23.0 Å². The Morgan fingerprint density at radius 1 is 1.44 bits per heavy atom. The number of rotatable bonds is 6. The third-order valence-corrected chi connectivity index (χ3v) is 4.56. The molecule has 1 aromatic heterocycles. The molecule has 3 N–H and O–H groups in total. The van der Waals surface area contributed by atoms with Gasteiger partial charge < -0.3 is 20.1 Å². The number of carbonyl (C=O) groups excluding carboxylic acids is 1. The highest BCUT2D eigenvalue weighted by Gasteiger charge is 2.28. The lowest BCUT2D eigenvalue weighted by atomic mass is 10.1. The fourth-order valence-electron chi connectivity index (χ4n) is 2.28. The van der Waals surface area contributed by atoms with Crippen LogP contribution in [0.1, 0.15) is 18.1 Å². The van der Waals surface area contributed by atoms with Crippen molar-refractivity contribution in [3.8, 4) is 0 Å². The van der Waals surface area contributed by atoms with Gasteiger partial charge in [-0.25, -0.2) is 0 Å². The molecule has 0 aromatic carbocycles. The second-order valence-electron chi connectivity index (χ2n) is 5.51. The van der Waals surface area contributed by atoms with Crippen molar-refractivity contribution >= 4 is 29.4 Å². The summed E-state index contributed by atoms with van der Waals surface area (Å²) in [4.78, 5) is 31.4. The van der Waals surface area contributed by atoms with E-state index in [1.165, 1.54) is 11.8 Å². The largest absolute Gasteiger partial charge is 0.481 e. The molecule has 2 unspecified atom stereocenters. The summed E-state index contributed by atoms with van der Waals surface area (Å²) in [5.41, 5.74) is 0.927. The zero-order valence-corrected chi connectivity index (χ0v) is 13.9. The Labute approximate surface area is 146 Å². The van der Waals surface area contributed by atoms with Crippen LogP contribution in [0.15, 0.2) is 32.8 Å². The zero-order valence-electron chi connectivity index (χ0n) is 13.1. The van der Waals surface area contributed by atoms with Crippen molar-refractivity contribution in [2.24, 2.45) is 10.9 Å². The summed E-state index contributed by atoms with van der Waals surface area (Å²) in [5.74, 6) is -0.934. The summed E-state index contributed by atoms with van der Waals surface area (Å²) in [6.07, 6.45) is 2.94. The van der Waals surface area contributed by atoms with Crippen molar-refractivity contribution in [2.45, 2.75) is 18.9 Å². The fourth-order valence-corrected chi connectivity index (χ4v) is 3.30. The van der Waals surface area contributed by atoms with Crippen molar-refractivity contribution in [2.75, 3.05) is 12.3 Å². The Kier molecular flexibility index (Phi) is 5.29. The van der Waals surface area contributed by atoms with E-state index in [-0.39, 0.29) is 31.2 Å². The van der Waals surface area contributed by atoms with Crippen LogP contribution in [0.5, 0.6) is 0 Å². The SMILES string of the molecule is O=C(CCc1nc(C2=NCC(O)C=C2)no1)NC1=CSCC1C(=O)O. The van der Waals surface area contributed by atoms with Crippen molar-refractivity contribution in [1.82, 2.24) is 15.5 Å². The second kappa shape index (κ2) is 7.62. The van der Waals surface area contributed by atoms with E-state index in [9.17, 15) is 14.7 Å². The first-order valence-corrected chi connectivity index (χ1v) is 8.66. The summed E-state index contributed by atoms with van der Waals surface area (Å²) in [7, 11) is 0. The summed E-state index contributed by atoms with van der Waals surface area (Å²) in [6.45, 7) is 0.246. The summed E-state index contributed by atoms with van der Waals surface area (Å²) >= 11 is 1.36. The van der Waals surface area contributed by atoms with Gasteiger partial charge in [0.2, 0.25) is 17.6 Å². The van der Waals surface area contributed by atoms with Crippen molar-refractivity contribution in [3.05, 3.63) is 35.0 Å². The molecule has 132 valence electrons. The molecule has 0 bridgehead atoms. The number of hydrogen-bond acceptors (Lipinski definition) is 8. The number of aliphatic imine (C=N–C) groups is 1. The number of thioether (sulfide) groups is 1. The van der Waals surface area contributed by atoms with Crippen molar-refractivity contribution < 1.29 is 24.3 Å². The Bertz CT molecular complexity index is 770.